The lowest BCUT2D eigenvalue weighted by Crippen LogP contribution is -2.28. The van der Waals surface area contributed by atoms with Crippen LogP contribution >= 0.6 is 0 Å². The maximum absolute atomic E-state index is 12.0. The van der Waals surface area contributed by atoms with Crippen molar-refractivity contribution in [1.82, 2.24) is 5.32 Å². The first-order valence-electron chi connectivity index (χ1n) is 7.00. The number of carbonyl (C=O) groups is 1. The fraction of sp³-hybridized carbons (Fsp3) is 0.562. The largest absolute Gasteiger partial charge is 0.426 e. The molecule has 0 atom stereocenters. The van der Waals surface area contributed by atoms with Gasteiger partial charge in [-0.1, -0.05) is 18.2 Å². The Bertz CT molecular complexity index is 442. The van der Waals surface area contributed by atoms with Gasteiger partial charge < -0.3 is 10.1 Å². The molecule has 1 saturated heterocycles. The molecule has 0 radical (unpaired) electrons. The van der Waals surface area contributed by atoms with Crippen LogP contribution in [0.2, 0.25) is 0 Å². The van der Waals surface area contributed by atoms with Gasteiger partial charge in [0.05, 0.1) is 5.41 Å². The van der Waals surface area contributed by atoms with E-state index >= 15 is 0 Å². The quantitative estimate of drug-likeness (QED) is 0.656. The number of benzene rings is 1. The van der Waals surface area contributed by atoms with Crippen molar-refractivity contribution < 1.29 is 9.53 Å². The highest BCUT2D eigenvalue weighted by molar-refractivity contribution is 5.78. The molecule has 3 nitrogen and oxygen atoms in total. The van der Waals surface area contributed by atoms with Gasteiger partial charge in [0.1, 0.15) is 5.75 Å². The average molecular weight is 261 g/mol. The van der Waals surface area contributed by atoms with Crippen LogP contribution in [-0.2, 0) is 4.79 Å². The number of ether oxygens (including phenoxy) is 1. The van der Waals surface area contributed by atoms with Gasteiger partial charge in [-0.25, -0.2) is 0 Å². The van der Waals surface area contributed by atoms with Crippen LogP contribution in [0.15, 0.2) is 24.3 Å². The Morgan fingerprint density at radius 2 is 1.84 bits per heavy atom. The normalized spacial score (nSPS) is 17.2. The summed E-state index contributed by atoms with van der Waals surface area (Å²) in [6, 6.07) is 7.93. The molecule has 0 unspecified atom stereocenters. The molecular weight excluding hydrogens is 238 g/mol. The number of nitrogens with one attached hydrogen (secondary N) is 1. The number of esters is 1. The summed E-state index contributed by atoms with van der Waals surface area (Å²) in [5.74, 6) is 1.05. The van der Waals surface area contributed by atoms with Gasteiger partial charge in [-0.2, -0.15) is 0 Å². The van der Waals surface area contributed by atoms with E-state index in [4.69, 9.17) is 4.74 Å². The molecule has 1 heterocycles. The van der Waals surface area contributed by atoms with Crippen LogP contribution in [-0.4, -0.2) is 19.1 Å². The van der Waals surface area contributed by atoms with E-state index in [0.717, 1.165) is 31.7 Å². The Morgan fingerprint density at radius 3 is 2.47 bits per heavy atom. The SMILES string of the molecule is CC(C)(C)C(=O)Oc1ccccc1C1CCNCC1. The second-order valence-electron chi connectivity index (χ2n) is 6.20. The van der Waals surface area contributed by atoms with E-state index in [1.165, 1.54) is 5.56 Å². The van der Waals surface area contributed by atoms with Crippen LogP contribution in [0, 0.1) is 5.41 Å². The minimum Gasteiger partial charge on any atom is -0.426 e. The summed E-state index contributed by atoms with van der Waals surface area (Å²) in [5, 5.41) is 3.36. The molecule has 0 saturated carbocycles. The third-order valence-corrected chi connectivity index (χ3v) is 3.51. The van der Waals surface area contributed by atoms with Crippen molar-refractivity contribution in [2.45, 2.75) is 39.5 Å². The predicted octanol–water partition coefficient (Wildman–Crippen LogP) is 3.11. The van der Waals surface area contributed by atoms with E-state index in [0.29, 0.717) is 5.92 Å². The van der Waals surface area contributed by atoms with Crippen LogP contribution < -0.4 is 10.1 Å². The standard InChI is InChI=1S/C16H23NO2/c1-16(2,3)15(18)19-14-7-5-4-6-13(14)12-8-10-17-11-9-12/h4-7,12,17H,8-11H2,1-3H3. The summed E-state index contributed by atoms with van der Waals surface area (Å²) in [4.78, 5) is 12.0. The highest BCUT2D eigenvalue weighted by atomic mass is 16.5. The van der Waals surface area contributed by atoms with Crippen molar-refractivity contribution in [2.24, 2.45) is 5.41 Å². The summed E-state index contributed by atoms with van der Waals surface area (Å²) in [7, 11) is 0. The maximum atomic E-state index is 12.0. The van der Waals surface area contributed by atoms with Crippen molar-refractivity contribution in [3.05, 3.63) is 29.8 Å². The molecule has 0 spiro atoms. The second kappa shape index (κ2) is 5.74. The molecule has 19 heavy (non-hydrogen) atoms. The van der Waals surface area contributed by atoms with E-state index in [-0.39, 0.29) is 5.97 Å². The Labute approximate surface area is 115 Å². The Morgan fingerprint density at radius 1 is 1.21 bits per heavy atom. The van der Waals surface area contributed by atoms with Gasteiger partial charge >= 0.3 is 5.97 Å². The van der Waals surface area contributed by atoms with Crippen molar-refractivity contribution in [3.8, 4) is 5.75 Å². The van der Waals surface area contributed by atoms with E-state index in [1.807, 2.05) is 39.0 Å². The maximum Gasteiger partial charge on any atom is 0.316 e. The fourth-order valence-corrected chi connectivity index (χ4v) is 2.30. The summed E-state index contributed by atoms with van der Waals surface area (Å²) in [5.41, 5.74) is 0.697. The van der Waals surface area contributed by atoms with Crippen LogP contribution in [0.1, 0.15) is 45.1 Å². The first-order valence-corrected chi connectivity index (χ1v) is 7.00. The predicted molar refractivity (Wildman–Crippen MR) is 76.4 cm³/mol. The molecule has 0 aliphatic carbocycles. The van der Waals surface area contributed by atoms with E-state index < -0.39 is 5.41 Å². The highest BCUT2D eigenvalue weighted by Crippen LogP contribution is 2.33. The lowest BCUT2D eigenvalue weighted by molar-refractivity contribution is -0.143. The van der Waals surface area contributed by atoms with Crippen molar-refractivity contribution in [3.63, 3.8) is 0 Å². The number of para-hydroxylation sites is 1. The first-order chi connectivity index (χ1) is 8.98. The van der Waals surface area contributed by atoms with Gasteiger partial charge in [0, 0.05) is 0 Å². The third kappa shape index (κ3) is 3.57. The molecule has 104 valence electrons. The highest BCUT2D eigenvalue weighted by Gasteiger charge is 2.26. The first kappa shape index (κ1) is 14.1. The molecule has 1 aliphatic rings. The molecule has 2 rings (SSSR count). The van der Waals surface area contributed by atoms with Crippen molar-refractivity contribution in [2.75, 3.05) is 13.1 Å². The Balaban J connectivity index is 2.18. The number of hydrogen-bond acceptors (Lipinski definition) is 3. The monoisotopic (exact) mass is 261 g/mol. The second-order valence-corrected chi connectivity index (χ2v) is 6.20. The number of hydrogen-bond donors (Lipinski definition) is 1. The van der Waals surface area contributed by atoms with Crippen molar-refractivity contribution >= 4 is 5.97 Å². The van der Waals surface area contributed by atoms with Crippen LogP contribution in [0.4, 0.5) is 0 Å². The molecule has 1 fully saturated rings. The van der Waals surface area contributed by atoms with Crippen LogP contribution in [0.3, 0.4) is 0 Å². The number of piperidine rings is 1. The lowest BCUT2D eigenvalue weighted by atomic mass is 9.89. The van der Waals surface area contributed by atoms with Crippen molar-refractivity contribution in [1.29, 1.82) is 0 Å². The lowest BCUT2D eigenvalue weighted by Gasteiger charge is -2.25. The minimum absolute atomic E-state index is 0.172. The molecule has 1 N–H and O–H groups in total. The van der Waals surface area contributed by atoms with Gasteiger partial charge in [0.25, 0.3) is 0 Å². The van der Waals surface area contributed by atoms with E-state index in [2.05, 4.69) is 11.4 Å². The molecule has 1 aromatic carbocycles. The summed E-state index contributed by atoms with van der Waals surface area (Å²) in [6.45, 7) is 7.70. The average Bonchev–Trinajstić information content (AvgIpc) is 2.39. The smallest absolute Gasteiger partial charge is 0.316 e. The zero-order valence-electron chi connectivity index (χ0n) is 12.0. The Kier molecular flexibility index (Phi) is 4.25. The van der Waals surface area contributed by atoms with Gasteiger partial charge in [-0.15, -0.1) is 0 Å². The van der Waals surface area contributed by atoms with Gasteiger partial charge in [0.2, 0.25) is 0 Å². The van der Waals surface area contributed by atoms with Crippen LogP contribution in [0.5, 0.6) is 5.75 Å². The van der Waals surface area contributed by atoms with Gasteiger partial charge in [0.15, 0.2) is 0 Å². The number of carbonyl (C=O) groups excluding carboxylic acids is 1. The zero-order chi connectivity index (χ0) is 13.9. The fourth-order valence-electron chi connectivity index (χ4n) is 2.30. The molecule has 1 aliphatic heterocycles. The molecular formula is C16H23NO2. The molecule has 3 heteroatoms. The van der Waals surface area contributed by atoms with Gasteiger partial charge in [-0.3, -0.25) is 4.79 Å². The molecule has 0 amide bonds. The topological polar surface area (TPSA) is 38.3 Å². The minimum atomic E-state index is -0.471. The van der Waals surface area contributed by atoms with E-state index in [9.17, 15) is 4.79 Å². The summed E-state index contributed by atoms with van der Waals surface area (Å²) in [6.07, 6.45) is 2.20. The van der Waals surface area contributed by atoms with E-state index in [1.54, 1.807) is 0 Å². The number of rotatable bonds is 2. The van der Waals surface area contributed by atoms with Crippen LogP contribution in [0.25, 0.3) is 0 Å². The summed E-state index contributed by atoms with van der Waals surface area (Å²) < 4.78 is 5.60. The molecule has 0 aromatic heterocycles. The van der Waals surface area contributed by atoms with Gasteiger partial charge in [-0.05, 0) is 64.3 Å². The molecule has 1 aromatic rings. The molecule has 0 bridgehead atoms. The Hall–Kier alpha value is -1.35. The zero-order valence-corrected chi connectivity index (χ0v) is 12.0. The summed E-state index contributed by atoms with van der Waals surface area (Å²) >= 11 is 0. The third-order valence-electron chi connectivity index (χ3n) is 3.51.